The van der Waals surface area contributed by atoms with Crippen LogP contribution in [-0.4, -0.2) is 28.1 Å². The fourth-order valence-corrected chi connectivity index (χ4v) is 5.26. The number of hydrogen-bond acceptors (Lipinski definition) is 7. The molecule has 1 amide bonds. The third kappa shape index (κ3) is 6.63. The van der Waals surface area contributed by atoms with E-state index in [1.165, 1.54) is 23.1 Å². The van der Waals surface area contributed by atoms with Crippen molar-refractivity contribution < 1.29 is 4.79 Å². The molecule has 0 atom stereocenters. The zero-order valence-corrected chi connectivity index (χ0v) is 18.2. The molecule has 0 spiro atoms. The van der Waals surface area contributed by atoms with E-state index in [0.717, 1.165) is 36.1 Å². The Morgan fingerprint density at radius 2 is 1.96 bits per heavy atom. The van der Waals surface area contributed by atoms with Gasteiger partial charge in [-0.15, -0.1) is 10.2 Å². The van der Waals surface area contributed by atoms with Crippen LogP contribution in [0, 0.1) is 6.92 Å². The van der Waals surface area contributed by atoms with Gasteiger partial charge in [-0.1, -0.05) is 94.5 Å². The van der Waals surface area contributed by atoms with Crippen LogP contribution in [0.4, 0.5) is 0 Å². The molecule has 0 saturated heterocycles. The fourth-order valence-electron chi connectivity index (χ4n) is 2.16. The van der Waals surface area contributed by atoms with Gasteiger partial charge in [0, 0.05) is 10.8 Å². The highest BCUT2D eigenvalue weighted by molar-refractivity contribution is 8.03. The zero-order chi connectivity index (χ0) is 19.8. The summed E-state index contributed by atoms with van der Waals surface area (Å²) < 4.78 is 1.60. The van der Waals surface area contributed by atoms with E-state index < -0.39 is 0 Å². The Bertz CT molecular complexity index is 977. The number of hydrazone groups is 1. The summed E-state index contributed by atoms with van der Waals surface area (Å²) in [6.07, 6.45) is 1.63. The topological polar surface area (TPSA) is 67.2 Å². The first-order chi connectivity index (χ1) is 13.6. The van der Waals surface area contributed by atoms with Crippen LogP contribution in [0.25, 0.3) is 0 Å². The number of thioether (sulfide) groups is 2. The van der Waals surface area contributed by atoms with Gasteiger partial charge in [0.1, 0.15) is 0 Å². The Balaban J connectivity index is 1.42. The van der Waals surface area contributed by atoms with Crippen molar-refractivity contribution in [1.29, 1.82) is 0 Å². The van der Waals surface area contributed by atoms with Crippen molar-refractivity contribution in [1.82, 2.24) is 15.6 Å². The SMILES string of the molecule is Cc1cccc(C=NNC(=O)CSc2nnc(SCc3ccccc3Cl)s2)c1. The summed E-state index contributed by atoms with van der Waals surface area (Å²) >= 11 is 10.5. The van der Waals surface area contributed by atoms with E-state index in [1.807, 2.05) is 55.5 Å². The minimum absolute atomic E-state index is 0.186. The van der Waals surface area contributed by atoms with Crippen molar-refractivity contribution in [3.63, 3.8) is 0 Å². The van der Waals surface area contributed by atoms with Crippen LogP contribution < -0.4 is 5.43 Å². The predicted octanol–water partition coefficient (Wildman–Crippen LogP) is 5.03. The van der Waals surface area contributed by atoms with Gasteiger partial charge in [0.2, 0.25) is 0 Å². The van der Waals surface area contributed by atoms with Crippen molar-refractivity contribution in [2.24, 2.45) is 5.10 Å². The van der Waals surface area contributed by atoms with Gasteiger partial charge in [-0.2, -0.15) is 5.10 Å². The Morgan fingerprint density at radius 1 is 1.18 bits per heavy atom. The molecular weight excluding hydrogens is 432 g/mol. The van der Waals surface area contributed by atoms with Gasteiger partial charge in [0.25, 0.3) is 5.91 Å². The number of benzene rings is 2. The summed E-state index contributed by atoms with van der Waals surface area (Å²) in [5.41, 5.74) is 5.67. The number of carbonyl (C=O) groups excluding carboxylic acids is 1. The number of hydrogen-bond donors (Lipinski definition) is 1. The van der Waals surface area contributed by atoms with Crippen LogP contribution in [0.2, 0.25) is 5.02 Å². The van der Waals surface area contributed by atoms with Gasteiger partial charge in [-0.25, -0.2) is 5.43 Å². The molecule has 144 valence electrons. The Hall–Kier alpha value is -1.87. The van der Waals surface area contributed by atoms with Crippen LogP contribution in [0.15, 0.2) is 62.3 Å². The summed E-state index contributed by atoms with van der Waals surface area (Å²) in [7, 11) is 0. The molecule has 9 heteroatoms. The highest BCUT2D eigenvalue weighted by Crippen LogP contribution is 2.32. The van der Waals surface area contributed by atoms with Gasteiger partial charge in [-0.05, 0) is 24.1 Å². The second-order valence-electron chi connectivity index (χ2n) is 5.71. The number of nitrogens with zero attached hydrogens (tertiary/aromatic N) is 3. The summed E-state index contributed by atoms with van der Waals surface area (Å²) in [5, 5.41) is 13.0. The maximum absolute atomic E-state index is 11.9. The van der Waals surface area contributed by atoms with E-state index in [1.54, 1.807) is 18.0 Å². The third-order valence-corrected chi connectivity index (χ3v) is 7.08. The molecule has 0 aliphatic carbocycles. The van der Waals surface area contributed by atoms with E-state index in [9.17, 15) is 4.79 Å². The lowest BCUT2D eigenvalue weighted by atomic mass is 10.2. The molecule has 0 saturated carbocycles. The number of rotatable bonds is 8. The molecule has 3 aromatic rings. The van der Waals surface area contributed by atoms with Crippen molar-refractivity contribution in [2.45, 2.75) is 21.4 Å². The number of aromatic nitrogens is 2. The summed E-state index contributed by atoms with van der Waals surface area (Å²) in [4.78, 5) is 11.9. The van der Waals surface area contributed by atoms with Crippen molar-refractivity contribution in [3.05, 3.63) is 70.2 Å². The van der Waals surface area contributed by atoms with Crippen LogP contribution in [0.5, 0.6) is 0 Å². The monoisotopic (exact) mass is 448 g/mol. The van der Waals surface area contributed by atoms with Crippen molar-refractivity contribution in [3.8, 4) is 0 Å². The first kappa shape index (κ1) is 20.9. The molecule has 0 radical (unpaired) electrons. The number of aryl methyl sites for hydroxylation is 1. The summed E-state index contributed by atoms with van der Waals surface area (Å²) in [5.74, 6) is 0.775. The van der Waals surface area contributed by atoms with Crippen LogP contribution in [0.1, 0.15) is 16.7 Å². The standard InChI is InChI=1S/C19H17ClN4OS3/c1-13-5-4-6-14(9-13)10-21-22-17(25)12-27-19-24-23-18(28-19)26-11-15-7-2-3-8-16(15)20/h2-10H,11-12H2,1H3,(H,22,25). The molecule has 0 unspecified atom stereocenters. The maximum Gasteiger partial charge on any atom is 0.250 e. The molecule has 1 N–H and O–H groups in total. The first-order valence-corrected chi connectivity index (χ1v) is 11.5. The Morgan fingerprint density at radius 3 is 2.75 bits per heavy atom. The number of carbonyl (C=O) groups is 1. The van der Waals surface area contributed by atoms with Crippen molar-refractivity contribution >= 4 is 58.6 Å². The number of amides is 1. The lowest BCUT2D eigenvalue weighted by Gasteiger charge is -2.00. The average molecular weight is 449 g/mol. The van der Waals surface area contributed by atoms with Crippen LogP contribution in [0.3, 0.4) is 0 Å². The molecule has 0 aliphatic heterocycles. The lowest BCUT2D eigenvalue weighted by molar-refractivity contribution is -0.118. The number of nitrogens with one attached hydrogen (secondary N) is 1. The lowest BCUT2D eigenvalue weighted by Crippen LogP contribution is -2.19. The minimum Gasteiger partial charge on any atom is -0.272 e. The van der Waals surface area contributed by atoms with Crippen molar-refractivity contribution in [2.75, 3.05) is 5.75 Å². The van der Waals surface area contributed by atoms with E-state index in [4.69, 9.17) is 11.6 Å². The van der Waals surface area contributed by atoms with Gasteiger partial charge >= 0.3 is 0 Å². The van der Waals surface area contributed by atoms with Crippen LogP contribution in [-0.2, 0) is 10.5 Å². The van der Waals surface area contributed by atoms with E-state index in [2.05, 4.69) is 20.7 Å². The molecule has 1 aromatic heterocycles. The normalized spacial score (nSPS) is 11.1. The zero-order valence-electron chi connectivity index (χ0n) is 15.0. The molecule has 28 heavy (non-hydrogen) atoms. The Kier molecular flexibility index (Phi) is 7.90. The van der Waals surface area contributed by atoms with Crippen LogP contribution >= 0.6 is 46.5 Å². The highest BCUT2D eigenvalue weighted by Gasteiger charge is 2.09. The van der Waals surface area contributed by atoms with Gasteiger partial charge < -0.3 is 0 Å². The Labute approximate surface area is 181 Å². The molecule has 1 heterocycles. The largest absolute Gasteiger partial charge is 0.272 e. The van der Waals surface area contributed by atoms with E-state index in [0.29, 0.717) is 0 Å². The summed E-state index contributed by atoms with van der Waals surface area (Å²) in [6.45, 7) is 2.01. The van der Waals surface area contributed by atoms with Gasteiger partial charge in [-0.3, -0.25) is 4.79 Å². The minimum atomic E-state index is -0.186. The molecule has 0 bridgehead atoms. The maximum atomic E-state index is 11.9. The molecule has 3 rings (SSSR count). The third-order valence-electron chi connectivity index (χ3n) is 3.47. The quantitative estimate of drug-likeness (QED) is 0.297. The second kappa shape index (κ2) is 10.6. The molecule has 2 aromatic carbocycles. The van der Waals surface area contributed by atoms with Gasteiger partial charge in [0.05, 0.1) is 12.0 Å². The second-order valence-corrected chi connectivity index (χ2v) is 9.54. The predicted molar refractivity (Wildman–Crippen MR) is 119 cm³/mol. The number of halogens is 1. The average Bonchev–Trinajstić information content (AvgIpc) is 3.14. The highest BCUT2D eigenvalue weighted by atomic mass is 35.5. The van der Waals surface area contributed by atoms with Gasteiger partial charge in [0.15, 0.2) is 8.68 Å². The van der Waals surface area contributed by atoms with E-state index >= 15 is 0 Å². The fraction of sp³-hybridized carbons (Fsp3) is 0.158. The van der Waals surface area contributed by atoms with E-state index in [-0.39, 0.29) is 11.7 Å². The first-order valence-electron chi connectivity index (χ1n) is 8.31. The summed E-state index contributed by atoms with van der Waals surface area (Å²) in [6, 6.07) is 15.6. The smallest absolute Gasteiger partial charge is 0.250 e. The molecular formula is C19H17ClN4OS3. The molecule has 0 aliphatic rings. The molecule has 5 nitrogen and oxygen atoms in total. The molecule has 0 fully saturated rings.